The molecule has 0 aliphatic carbocycles. The van der Waals surface area contributed by atoms with Gasteiger partial charge in [0.05, 0.1) is 23.1 Å². The van der Waals surface area contributed by atoms with Gasteiger partial charge in [0.2, 0.25) is 0 Å². The highest BCUT2D eigenvalue weighted by atomic mass is 32.2. The number of fused-ring (bicyclic) bond motifs is 2. The fraction of sp³-hybridized carbons (Fsp3) is 0.154. The zero-order valence-electron chi connectivity index (χ0n) is 16.9. The van der Waals surface area contributed by atoms with Gasteiger partial charge in [-0.05, 0) is 59.2 Å². The van der Waals surface area contributed by atoms with Gasteiger partial charge in [-0.1, -0.05) is 48.5 Å². The van der Waals surface area contributed by atoms with Crippen molar-refractivity contribution in [2.75, 3.05) is 11.5 Å². The molecule has 0 N–H and O–H groups in total. The van der Waals surface area contributed by atoms with Gasteiger partial charge in [0.25, 0.3) is 0 Å². The average molecular weight is 440 g/mol. The minimum Gasteiger partial charge on any atom is -0.258 e. The molecule has 0 radical (unpaired) electrons. The number of rotatable bonds is 3. The van der Waals surface area contributed by atoms with E-state index >= 15 is 0 Å². The summed E-state index contributed by atoms with van der Waals surface area (Å²) in [6.07, 6.45) is 5.17. The molecule has 1 fully saturated rings. The summed E-state index contributed by atoms with van der Waals surface area (Å²) in [5.41, 5.74) is 4.67. The molecular weight excluding hydrogens is 418 g/mol. The molecule has 0 bridgehead atoms. The van der Waals surface area contributed by atoms with Crippen molar-refractivity contribution < 1.29 is 0 Å². The standard InChI is InChI=1S/C26H21N3S2/c1-2-8-22(9-3-1)29-24-12-11-21(17-20(24)18-28-29)26(30-15-6-16-31-26)25-23-10-5-4-7-19(23)13-14-27-25/h1-5,7-14,17-18H,6,15-16H2. The Morgan fingerprint density at radius 2 is 1.61 bits per heavy atom. The van der Waals surface area contributed by atoms with E-state index in [0.717, 1.165) is 33.8 Å². The first-order chi connectivity index (χ1) is 15.4. The van der Waals surface area contributed by atoms with Crippen LogP contribution in [0.3, 0.4) is 0 Å². The second-order valence-electron chi connectivity index (χ2n) is 7.71. The van der Waals surface area contributed by atoms with Crippen molar-refractivity contribution in [1.29, 1.82) is 0 Å². The van der Waals surface area contributed by atoms with Crippen LogP contribution in [0.25, 0.3) is 27.4 Å². The summed E-state index contributed by atoms with van der Waals surface area (Å²) in [5, 5.41) is 8.33. The smallest absolute Gasteiger partial charge is 0.129 e. The minimum atomic E-state index is -0.206. The lowest BCUT2D eigenvalue weighted by Gasteiger charge is -2.36. The number of benzene rings is 3. The lowest BCUT2D eigenvalue weighted by molar-refractivity contribution is 0.910. The van der Waals surface area contributed by atoms with Gasteiger partial charge in [0.15, 0.2) is 0 Å². The predicted octanol–water partition coefficient (Wildman–Crippen LogP) is 6.64. The van der Waals surface area contributed by atoms with E-state index in [4.69, 9.17) is 4.98 Å². The molecule has 5 heteroatoms. The van der Waals surface area contributed by atoms with E-state index in [1.54, 1.807) is 0 Å². The number of hydrogen-bond donors (Lipinski definition) is 0. The van der Waals surface area contributed by atoms with E-state index in [2.05, 4.69) is 65.8 Å². The fourth-order valence-corrected chi connectivity index (χ4v) is 7.72. The zero-order chi connectivity index (χ0) is 20.7. The molecule has 0 spiro atoms. The maximum Gasteiger partial charge on any atom is 0.129 e. The van der Waals surface area contributed by atoms with Crippen LogP contribution in [0.1, 0.15) is 17.7 Å². The molecule has 1 aliphatic heterocycles. The van der Waals surface area contributed by atoms with Gasteiger partial charge in [0, 0.05) is 17.0 Å². The van der Waals surface area contributed by atoms with Crippen LogP contribution in [-0.4, -0.2) is 26.3 Å². The molecular formula is C26H21N3S2. The van der Waals surface area contributed by atoms with Gasteiger partial charge in [-0.15, -0.1) is 23.5 Å². The Morgan fingerprint density at radius 3 is 2.48 bits per heavy atom. The van der Waals surface area contributed by atoms with Gasteiger partial charge < -0.3 is 0 Å². The molecule has 1 saturated heterocycles. The summed E-state index contributed by atoms with van der Waals surface area (Å²) < 4.78 is 1.81. The second-order valence-corrected chi connectivity index (χ2v) is 10.6. The van der Waals surface area contributed by atoms with Gasteiger partial charge in [-0.2, -0.15) is 5.10 Å². The molecule has 0 amide bonds. The Kier molecular flexibility index (Phi) is 4.73. The first-order valence-corrected chi connectivity index (χ1v) is 12.5. The molecule has 2 aromatic heterocycles. The maximum absolute atomic E-state index is 4.95. The minimum absolute atomic E-state index is 0.206. The largest absolute Gasteiger partial charge is 0.258 e. The van der Waals surface area contributed by atoms with Crippen molar-refractivity contribution in [2.24, 2.45) is 0 Å². The van der Waals surface area contributed by atoms with Crippen molar-refractivity contribution in [3.8, 4) is 5.69 Å². The van der Waals surface area contributed by atoms with Crippen molar-refractivity contribution in [3.63, 3.8) is 0 Å². The van der Waals surface area contributed by atoms with Crippen molar-refractivity contribution in [3.05, 3.63) is 103 Å². The predicted molar refractivity (Wildman–Crippen MR) is 133 cm³/mol. The molecule has 6 rings (SSSR count). The highest BCUT2D eigenvalue weighted by Crippen LogP contribution is 2.55. The third-order valence-corrected chi connectivity index (χ3v) is 9.20. The summed E-state index contributed by atoms with van der Waals surface area (Å²) in [5.74, 6) is 2.28. The Hall–Kier alpha value is -2.76. The van der Waals surface area contributed by atoms with Crippen molar-refractivity contribution in [2.45, 2.75) is 10.5 Å². The lowest BCUT2D eigenvalue weighted by atomic mass is 10.0. The van der Waals surface area contributed by atoms with Crippen LogP contribution in [-0.2, 0) is 4.08 Å². The summed E-state index contributed by atoms with van der Waals surface area (Å²) in [6.45, 7) is 0. The lowest BCUT2D eigenvalue weighted by Crippen LogP contribution is -2.26. The molecule has 0 saturated carbocycles. The molecule has 1 aliphatic rings. The van der Waals surface area contributed by atoms with Crippen molar-refractivity contribution in [1.82, 2.24) is 14.8 Å². The Morgan fingerprint density at radius 1 is 0.806 bits per heavy atom. The number of nitrogens with zero attached hydrogens (tertiary/aromatic N) is 3. The van der Waals surface area contributed by atoms with Crippen LogP contribution in [0.15, 0.2) is 91.3 Å². The maximum atomic E-state index is 4.95. The molecule has 3 nitrogen and oxygen atoms in total. The second kappa shape index (κ2) is 7.74. The summed E-state index contributed by atoms with van der Waals surface area (Å²) >= 11 is 4.03. The average Bonchev–Trinajstić information content (AvgIpc) is 3.28. The topological polar surface area (TPSA) is 30.7 Å². The highest BCUT2D eigenvalue weighted by Gasteiger charge is 2.40. The van der Waals surface area contributed by atoms with Crippen LogP contribution < -0.4 is 0 Å². The summed E-state index contributed by atoms with van der Waals surface area (Å²) in [6, 6.07) is 27.8. The van der Waals surface area contributed by atoms with Crippen LogP contribution in [0.2, 0.25) is 0 Å². The Balaban J connectivity index is 1.54. The molecule has 152 valence electrons. The molecule has 5 aromatic rings. The van der Waals surface area contributed by atoms with Crippen LogP contribution >= 0.6 is 23.5 Å². The van der Waals surface area contributed by atoms with Gasteiger partial charge in [-0.25, -0.2) is 4.68 Å². The van der Waals surface area contributed by atoms with Crippen LogP contribution in [0.5, 0.6) is 0 Å². The molecule has 0 unspecified atom stereocenters. The molecule has 3 aromatic carbocycles. The van der Waals surface area contributed by atoms with Crippen LogP contribution in [0.4, 0.5) is 0 Å². The van der Waals surface area contributed by atoms with E-state index < -0.39 is 0 Å². The fourth-order valence-electron chi connectivity index (χ4n) is 4.37. The summed E-state index contributed by atoms with van der Waals surface area (Å²) in [7, 11) is 0. The first-order valence-electron chi connectivity index (χ1n) is 10.5. The molecule has 0 atom stereocenters. The third kappa shape index (κ3) is 3.15. The first kappa shape index (κ1) is 19.0. The van der Waals surface area contributed by atoms with E-state index in [1.165, 1.54) is 22.8 Å². The Bertz CT molecular complexity index is 1370. The number of pyridine rings is 1. The monoisotopic (exact) mass is 439 g/mol. The third-order valence-electron chi connectivity index (χ3n) is 5.83. The number of thioether (sulfide) groups is 2. The van der Waals surface area contributed by atoms with E-state index in [1.807, 2.05) is 58.8 Å². The van der Waals surface area contributed by atoms with Crippen molar-refractivity contribution >= 4 is 45.2 Å². The van der Waals surface area contributed by atoms with Gasteiger partial charge >= 0.3 is 0 Å². The highest BCUT2D eigenvalue weighted by molar-refractivity contribution is 8.18. The van der Waals surface area contributed by atoms with E-state index in [9.17, 15) is 0 Å². The Labute approximate surface area is 189 Å². The van der Waals surface area contributed by atoms with Crippen LogP contribution in [0, 0.1) is 0 Å². The number of para-hydroxylation sites is 1. The van der Waals surface area contributed by atoms with E-state index in [0.29, 0.717) is 0 Å². The summed E-state index contributed by atoms with van der Waals surface area (Å²) in [4.78, 5) is 4.95. The number of hydrogen-bond acceptors (Lipinski definition) is 4. The number of aromatic nitrogens is 3. The quantitative estimate of drug-likeness (QED) is 0.315. The van der Waals surface area contributed by atoms with E-state index in [-0.39, 0.29) is 4.08 Å². The molecule has 31 heavy (non-hydrogen) atoms. The normalized spacial score (nSPS) is 16.0. The van der Waals surface area contributed by atoms with Gasteiger partial charge in [-0.3, -0.25) is 4.98 Å². The zero-order valence-corrected chi connectivity index (χ0v) is 18.6. The SMILES string of the molecule is c1ccc(-n2ncc3cc(C4(c5nccc6ccccc56)SCCCS4)ccc32)cc1. The van der Waals surface area contributed by atoms with Gasteiger partial charge in [0.1, 0.15) is 4.08 Å². The molecule has 3 heterocycles.